The van der Waals surface area contributed by atoms with Gasteiger partial charge in [0.1, 0.15) is 0 Å². The molecule has 4 nitrogen and oxygen atoms in total. The Hall–Kier alpha value is -0.545. The molecule has 2 fully saturated rings. The van der Waals surface area contributed by atoms with Crippen LogP contribution in [-0.4, -0.2) is 31.4 Å². The van der Waals surface area contributed by atoms with E-state index >= 15 is 0 Å². The van der Waals surface area contributed by atoms with Gasteiger partial charge in [-0.25, -0.2) is 0 Å². The van der Waals surface area contributed by atoms with E-state index in [1.54, 1.807) is 0 Å². The molecule has 2 rings (SSSR count). The standard InChI is InChI=1S/C13H23BO4/c1-12(2)13(3,4)18-14(17-12)10-8-6-7-9(10)11(15)16-5/h9-10H,6-8H2,1-5H3. The third kappa shape index (κ3) is 2.18. The first-order valence-electron chi connectivity index (χ1n) is 6.72. The normalized spacial score (nSPS) is 33.7. The summed E-state index contributed by atoms with van der Waals surface area (Å²) in [5.41, 5.74) is -0.665. The Kier molecular flexibility index (Phi) is 3.49. The van der Waals surface area contributed by atoms with Gasteiger partial charge in [0.2, 0.25) is 0 Å². The van der Waals surface area contributed by atoms with E-state index < -0.39 is 0 Å². The Morgan fingerprint density at radius 2 is 1.72 bits per heavy atom. The van der Waals surface area contributed by atoms with Crippen molar-refractivity contribution in [1.82, 2.24) is 0 Å². The fourth-order valence-electron chi connectivity index (χ4n) is 2.82. The van der Waals surface area contributed by atoms with Crippen LogP contribution in [0.4, 0.5) is 0 Å². The molecule has 1 heterocycles. The second-order valence-electron chi connectivity index (χ2n) is 6.35. The maximum absolute atomic E-state index is 11.8. The van der Waals surface area contributed by atoms with Gasteiger partial charge in [-0.1, -0.05) is 12.8 Å². The van der Waals surface area contributed by atoms with E-state index in [0.29, 0.717) is 0 Å². The molecule has 1 aliphatic heterocycles. The zero-order valence-electron chi connectivity index (χ0n) is 12.0. The first-order chi connectivity index (χ1) is 8.28. The lowest BCUT2D eigenvalue weighted by Gasteiger charge is -2.32. The van der Waals surface area contributed by atoms with E-state index in [-0.39, 0.29) is 36.0 Å². The number of carbonyl (C=O) groups excluding carboxylic acids is 1. The van der Waals surface area contributed by atoms with E-state index in [0.717, 1.165) is 19.3 Å². The van der Waals surface area contributed by atoms with Gasteiger partial charge in [0.25, 0.3) is 0 Å². The molecular formula is C13H23BO4. The Labute approximate surface area is 110 Å². The summed E-state index contributed by atoms with van der Waals surface area (Å²) in [5.74, 6) is -0.0876. The summed E-state index contributed by atoms with van der Waals surface area (Å²) in [4.78, 5) is 11.8. The minimum Gasteiger partial charge on any atom is -0.469 e. The predicted molar refractivity (Wildman–Crippen MR) is 69.2 cm³/mol. The Morgan fingerprint density at radius 1 is 1.17 bits per heavy atom. The second kappa shape index (κ2) is 4.53. The number of rotatable bonds is 2. The molecule has 0 radical (unpaired) electrons. The SMILES string of the molecule is COC(=O)C1CCCC1B1OC(C)(C)C(C)(C)O1. The van der Waals surface area contributed by atoms with Gasteiger partial charge >= 0.3 is 13.1 Å². The molecule has 0 N–H and O–H groups in total. The van der Waals surface area contributed by atoms with Crippen LogP contribution in [-0.2, 0) is 18.8 Å². The quantitative estimate of drug-likeness (QED) is 0.560. The molecule has 0 aromatic carbocycles. The van der Waals surface area contributed by atoms with Crippen LogP contribution in [0.1, 0.15) is 47.0 Å². The van der Waals surface area contributed by atoms with E-state index in [1.807, 2.05) is 27.7 Å². The molecule has 1 saturated carbocycles. The van der Waals surface area contributed by atoms with Gasteiger partial charge in [-0.05, 0) is 34.1 Å². The van der Waals surface area contributed by atoms with Gasteiger partial charge in [0.05, 0.1) is 24.2 Å². The van der Waals surface area contributed by atoms with Crippen LogP contribution in [0.15, 0.2) is 0 Å². The minimum atomic E-state index is -0.332. The van der Waals surface area contributed by atoms with E-state index in [9.17, 15) is 4.79 Å². The molecule has 102 valence electrons. The van der Waals surface area contributed by atoms with Crippen molar-refractivity contribution in [1.29, 1.82) is 0 Å². The third-order valence-electron chi connectivity index (χ3n) is 4.69. The lowest BCUT2D eigenvalue weighted by Crippen LogP contribution is -2.41. The lowest BCUT2D eigenvalue weighted by molar-refractivity contribution is -0.145. The first-order valence-corrected chi connectivity index (χ1v) is 6.72. The molecule has 0 aromatic rings. The Balaban J connectivity index is 2.11. The Morgan fingerprint density at radius 3 is 2.22 bits per heavy atom. The smallest absolute Gasteiger partial charge is 0.462 e. The molecule has 18 heavy (non-hydrogen) atoms. The minimum absolute atomic E-state index is 0.0790. The zero-order chi connectivity index (χ0) is 13.6. The number of carbonyl (C=O) groups is 1. The van der Waals surface area contributed by atoms with Crippen LogP contribution in [0.25, 0.3) is 0 Å². The van der Waals surface area contributed by atoms with Gasteiger partial charge in [-0.3, -0.25) is 4.79 Å². The van der Waals surface area contributed by atoms with Crippen LogP contribution in [0.2, 0.25) is 5.82 Å². The monoisotopic (exact) mass is 254 g/mol. The van der Waals surface area contributed by atoms with Crippen LogP contribution in [0, 0.1) is 5.92 Å². The highest BCUT2D eigenvalue weighted by Crippen LogP contribution is 2.47. The number of esters is 1. The van der Waals surface area contributed by atoms with Crippen molar-refractivity contribution in [3.8, 4) is 0 Å². The molecule has 0 aromatic heterocycles. The van der Waals surface area contributed by atoms with Crippen molar-refractivity contribution in [3.63, 3.8) is 0 Å². The van der Waals surface area contributed by atoms with Gasteiger partial charge in [0.15, 0.2) is 0 Å². The molecule has 1 saturated heterocycles. The second-order valence-corrected chi connectivity index (χ2v) is 6.35. The zero-order valence-corrected chi connectivity index (χ0v) is 12.0. The molecule has 5 heteroatoms. The van der Waals surface area contributed by atoms with E-state index in [4.69, 9.17) is 14.0 Å². The van der Waals surface area contributed by atoms with Crippen molar-refractivity contribution in [2.45, 2.75) is 64.0 Å². The summed E-state index contributed by atoms with van der Waals surface area (Å²) in [7, 11) is 1.16. The number of ether oxygens (including phenoxy) is 1. The largest absolute Gasteiger partial charge is 0.469 e. The van der Waals surface area contributed by atoms with E-state index in [1.165, 1.54) is 7.11 Å². The van der Waals surface area contributed by atoms with Crippen LogP contribution < -0.4 is 0 Å². The molecule has 1 aliphatic carbocycles. The first kappa shape index (κ1) is 13.9. The summed E-state index contributed by atoms with van der Waals surface area (Å²) in [6, 6.07) is 0. The van der Waals surface area contributed by atoms with Crippen LogP contribution in [0.3, 0.4) is 0 Å². The van der Waals surface area contributed by atoms with Crippen molar-refractivity contribution in [2.24, 2.45) is 5.92 Å². The van der Waals surface area contributed by atoms with Crippen molar-refractivity contribution < 1.29 is 18.8 Å². The van der Waals surface area contributed by atoms with Gasteiger partial charge < -0.3 is 14.0 Å². The fourth-order valence-corrected chi connectivity index (χ4v) is 2.82. The maximum Gasteiger partial charge on any atom is 0.462 e. The number of hydrogen-bond acceptors (Lipinski definition) is 4. The van der Waals surface area contributed by atoms with Gasteiger partial charge in [0, 0.05) is 5.82 Å². The summed E-state index contributed by atoms with van der Waals surface area (Å²) < 4.78 is 17.0. The highest BCUT2D eigenvalue weighted by atomic mass is 16.7. The third-order valence-corrected chi connectivity index (χ3v) is 4.69. The lowest BCUT2D eigenvalue weighted by atomic mass is 9.66. The van der Waals surface area contributed by atoms with Crippen LogP contribution >= 0.6 is 0 Å². The molecule has 0 spiro atoms. The average molecular weight is 254 g/mol. The summed E-state index contributed by atoms with van der Waals surface area (Å²) in [6.45, 7) is 8.15. The molecule has 2 atom stereocenters. The summed E-state index contributed by atoms with van der Waals surface area (Å²) in [5, 5.41) is 0. The van der Waals surface area contributed by atoms with Gasteiger partial charge in [-0.2, -0.15) is 0 Å². The number of methoxy groups -OCH3 is 1. The molecule has 2 aliphatic rings. The topological polar surface area (TPSA) is 44.8 Å². The average Bonchev–Trinajstić information content (AvgIpc) is 2.81. The van der Waals surface area contributed by atoms with Crippen molar-refractivity contribution in [2.75, 3.05) is 7.11 Å². The van der Waals surface area contributed by atoms with E-state index in [2.05, 4.69) is 0 Å². The molecule has 0 amide bonds. The van der Waals surface area contributed by atoms with Crippen molar-refractivity contribution in [3.05, 3.63) is 0 Å². The highest BCUT2D eigenvalue weighted by molar-refractivity contribution is 6.48. The fraction of sp³-hybridized carbons (Fsp3) is 0.923. The summed E-state index contributed by atoms with van der Waals surface area (Å²) >= 11 is 0. The summed E-state index contributed by atoms with van der Waals surface area (Å²) in [6.07, 6.45) is 2.88. The molecule has 0 bridgehead atoms. The maximum atomic E-state index is 11.8. The van der Waals surface area contributed by atoms with Crippen molar-refractivity contribution >= 4 is 13.1 Å². The van der Waals surface area contributed by atoms with Gasteiger partial charge in [-0.15, -0.1) is 0 Å². The predicted octanol–water partition coefficient (Wildman–Crippen LogP) is 2.42. The molecular weight excluding hydrogens is 231 g/mol. The van der Waals surface area contributed by atoms with Crippen LogP contribution in [0.5, 0.6) is 0 Å². The molecule has 2 unspecified atom stereocenters. The highest BCUT2D eigenvalue weighted by Gasteiger charge is 2.56. The Bertz CT molecular complexity index is 324. The number of hydrogen-bond donors (Lipinski definition) is 0.